The maximum atomic E-state index is 4.50. The maximum Gasteiger partial charge on any atom is 0.132 e. The third kappa shape index (κ3) is 3.56. The summed E-state index contributed by atoms with van der Waals surface area (Å²) in [6.07, 6.45) is 4.12. The fourth-order valence-electron chi connectivity index (χ4n) is 1.87. The molecule has 0 spiro atoms. The van der Waals surface area contributed by atoms with Crippen LogP contribution in [0.2, 0.25) is 0 Å². The molecular weight excluding hydrogens is 198 g/mol. The van der Waals surface area contributed by atoms with E-state index in [1.807, 2.05) is 19.2 Å². The first-order chi connectivity index (χ1) is 7.69. The fraction of sp³-hybridized carbons (Fsp3) is 0.692. The molecule has 0 fully saturated rings. The first-order valence-electron chi connectivity index (χ1n) is 6.22. The van der Waals surface area contributed by atoms with E-state index >= 15 is 0 Å². The van der Waals surface area contributed by atoms with Crippen molar-refractivity contribution in [2.24, 2.45) is 0 Å². The van der Waals surface area contributed by atoms with E-state index in [1.54, 1.807) is 0 Å². The number of aromatic nitrogens is 2. The lowest BCUT2D eigenvalue weighted by atomic mass is 9.98. The molecule has 16 heavy (non-hydrogen) atoms. The van der Waals surface area contributed by atoms with Crippen LogP contribution in [-0.4, -0.2) is 22.6 Å². The van der Waals surface area contributed by atoms with Crippen LogP contribution in [0.3, 0.4) is 0 Å². The zero-order valence-corrected chi connectivity index (χ0v) is 10.8. The van der Waals surface area contributed by atoms with Crippen molar-refractivity contribution in [2.75, 3.05) is 6.54 Å². The zero-order chi connectivity index (χ0) is 12.0. The molecule has 2 atom stereocenters. The summed E-state index contributed by atoms with van der Waals surface area (Å²) in [5, 5.41) is 3.56. The summed E-state index contributed by atoms with van der Waals surface area (Å²) in [4.78, 5) is 8.86. The molecule has 0 aromatic carbocycles. The highest BCUT2D eigenvalue weighted by Gasteiger charge is 2.18. The molecule has 1 aromatic rings. The van der Waals surface area contributed by atoms with E-state index in [9.17, 15) is 0 Å². The van der Waals surface area contributed by atoms with Gasteiger partial charge in [-0.1, -0.05) is 20.8 Å². The van der Waals surface area contributed by atoms with Crippen molar-refractivity contribution in [3.8, 4) is 0 Å². The van der Waals surface area contributed by atoms with Crippen LogP contribution in [0.5, 0.6) is 0 Å². The summed E-state index contributed by atoms with van der Waals surface area (Å²) in [6, 6.07) is 2.41. The van der Waals surface area contributed by atoms with Crippen molar-refractivity contribution in [2.45, 2.75) is 52.5 Å². The van der Waals surface area contributed by atoms with E-state index in [0.717, 1.165) is 30.9 Å². The number of hydrogen-bond acceptors (Lipinski definition) is 3. The Morgan fingerprint density at radius 3 is 2.69 bits per heavy atom. The average molecular weight is 221 g/mol. The monoisotopic (exact) mass is 221 g/mol. The largest absolute Gasteiger partial charge is 0.313 e. The fourth-order valence-corrected chi connectivity index (χ4v) is 1.87. The molecule has 3 nitrogen and oxygen atoms in total. The number of aryl methyl sites for hydroxylation is 1. The summed E-state index contributed by atoms with van der Waals surface area (Å²) < 4.78 is 0. The second kappa shape index (κ2) is 6.59. The molecule has 0 saturated carbocycles. The Balaban J connectivity index is 2.70. The molecule has 1 heterocycles. The van der Waals surface area contributed by atoms with Crippen LogP contribution < -0.4 is 5.32 Å². The van der Waals surface area contributed by atoms with Gasteiger partial charge in [-0.25, -0.2) is 9.97 Å². The van der Waals surface area contributed by atoms with Crippen molar-refractivity contribution >= 4 is 0 Å². The van der Waals surface area contributed by atoms with Crippen LogP contribution in [0.15, 0.2) is 12.3 Å². The Morgan fingerprint density at radius 2 is 2.12 bits per heavy atom. The first kappa shape index (κ1) is 13.1. The molecule has 1 aromatic heterocycles. The molecule has 1 N–H and O–H groups in total. The van der Waals surface area contributed by atoms with Gasteiger partial charge < -0.3 is 5.32 Å². The standard InChI is InChI=1S/C13H23N3/c1-5-8-14-12(6-2)11(4)13-15-9-7-10(3)16-13/h7,9,11-12,14H,5-6,8H2,1-4H3. The summed E-state index contributed by atoms with van der Waals surface area (Å²) in [7, 11) is 0. The van der Waals surface area contributed by atoms with Crippen LogP contribution in [0, 0.1) is 6.92 Å². The molecule has 0 aliphatic rings. The van der Waals surface area contributed by atoms with Crippen molar-refractivity contribution in [3.05, 3.63) is 23.8 Å². The van der Waals surface area contributed by atoms with E-state index in [2.05, 4.69) is 36.1 Å². The minimum Gasteiger partial charge on any atom is -0.313 e. The molecule has 0 radical (unpaired) electrons. The summed E-state index contributed by atoms with van der Waals surface area (Å²) in [6.45, 7) is 9.67. The highest BCUT2D eigenvalue weighted by molar-refractivity contribution is 5.05. The Morgan fingerprint density at radius 1 is 1.38 bits per heavy atom. The number of rotatable bonds is 6. The van der Waals surface area contributed by atoms with Gasteiger partial charge in [-0.2, -0.15) is 0 Å². The van der Waals surface area contributed by atoms with Gasteiger partial charge in [0.1, 0.15) is 5.82 Å². The van der Waals surface area contributed by atoms with Crippen molar-refractivity contribution in [3.63, 3.8) is 0 Å². The smallest absolute Gasteiger partial charge is 0.132 e. The second-order valence-electron chi connectivity index (χ2n) is 4.31. The molecule has 0 aliphatic carbocycles. The highest BCUT2D eigenvalue weighted by atomic mass is 14.9. The Labute approximate surface area is 98.7 Å². The van der Waals surface area contributed by atoms with Gasteiger partial charge in [0.15, 0.2) is 0 Å². The molecule has 0 saturated heterocycles. The maximum absolute atomic E-state index is 4.50. The van der Waals surface area contributed by atoms with Crippen molar-refractivity contribution in [1.29, 1.82) is 0 Å². The third-order valence-corrected chi connectivity index (χ3v) is 2.92. The van der Waals surface area contributed by atoms with Crippen LogP contribution in [0.4, 0.5) is 0 Å². The van der Waals surface area contributed by atoms with Crippen LogP contribution in [0.1, 0.15) is 51.0 Å². The SMILES string of the molecule is CCCNC(CC)C(C)c1nccc(C)n1. The van der Waals surface area contributed by atoms with E-state index in [0.29, 0.717) is 12.0 Å². The number of hydrogen-bond donors (Lipinski definition) is 1. The van der Waals surface area contributed by atoms with E-state index in [4.69, 9.17) is 0 Å². The lowest BCUT2D eigenvalue weighted by Gasteiger charge is -2.22. The number of nitrogens with one attached hydrogen (secondary N) is 1. The molecule has 0 amide bonds. The summed E-state index contributed by atoms with van der Waals surface area (Å²) in [5.74, 6) is 1.33. The molecule has 2 unspecified atom stereocenters. The quantitative estimate of drug-likeness (QED) is 0.802. The Bertz CT molecular complexity index is 312. The van der Waals surface area contributed by atoms with Crippen LogP contribution in [-0.2, 0) is 0 Å². The topological polar surface area (TPSA) is 37.8 Å². The van der Waals surface area contributed by atoms with Crippen molar-refractivity contribution < 1.29 is 0 Å². The minimum atomic E-state index is 0.372. The minimum absolute atomic E-state index is 0.372. The molecule has 90 valence electrons. The predicted molar refractivity (Wildman–Crippen MR) is 67.6 cm³/mol. The second-order valence-corrected chi connectivity index (χ2v) is 4.31. The molecule has 1 rings (SSSR count). The average Bonchev–Trinajstić information content (AvgIpc) is 2.29. The molecular formula is C13H23N3. The van der Waals surface area contributed by atoms with E-state index in [-0.39, 0.29) is 0 Å². The van der Waals surface area contributed by atoms with Crippen LogP contribution >= 0.6 is 0 Å². The summed E-state index contributed by atoms with van der Waals surface area (Å²) in [5.41, 5.74) is 1.04. The first-order valence-corrected chi connectivity index (χ1v) is 6.22. The van der Waals surface area contributed by atoms with Gasteiger partial charge in [0, 0.05) is 23.9 Å². The normalized spacial score (nSPS) is 14.8. The van der Waals surface area contributed by atoms with Crippen molar-refractivity contribution in [1.82, 2.24) is 15.3 Å². The van der Waals surface area contributed by atoms with Gasteiger partial charge in [-0.15, -0.1) is 0 Å². The van der Waals surface area contributed by atoms with E-state index < -0.39 is 0 Å². The highest BCUT2D eigenvalue weighted by Crippen LogP contribution is 2.17. The van der Waals surface area contributed by atoms with Gasteiger partial charge >= 0.3 is 0 Å². The summed E-state index contributed by atoms with van der Waals surface area (Å²) >= 11 is 0. The van der Waals surface area contributed by atoms with Gasteiger partial charge in [0.25, 0.3) is 0 Å². The lowest BCUT2D eigenvalue weighted by Crippen LogP contribution is -2.34. The molecule has 0 aliphatic heterocycles. The molecule has 3 heteroatoms. The lowest BCUT2D eigenvalue weighted by molar-refractivity contribution is 0.425. The van der Waals surface area contributed by atoms with Gasteiger partial charge in [0.05, 0.1) is 0 Å². The zero-order valence-electron chi connectivity index (χ0n) is 10.8. The van der Waals surface area contributed by atoms with Gasteiger partial charge in [-0.3, -0.25) is 0 Å². The van der Waals surface area contributed by atoms with E-state index in [1.165, 1.54) is 0 Å². The third-order valence-electron chi connectivity index (χ3n) is 2.92. The van der Waals surface area contributed by atoms with Gasteiger partial charge in [0.2, 0.25) is 0 Å². The van der Waals surface area contributed by atoms with Gasteiger partial charge in [-0.05, 0) is 32.4 Å². The van der Waals surface area contributed by atoms with Crippen LogP contribution in [0.25, 0.3) is 0 Å². The molecule has 0 bridgehead atoms. The Hall–Kier alpha value is -0.960. The predicted octanol–water partition coefficient (Wildman–Crippen LogP) is 2.67. The number of nitrogens with zero attached hydrogens (tertiary/aromatic N) is 2. The Kier molecular flexibility index (Phi) is 5.39.